The first-order chi connectivity index (χ1) is 9.02. The third-order valence-electron chi connectivity index (χ3n) is 2.58. The zero-order valence-electron chi connectivity index (χ0n) is 10.9. The molecule has 0 fully saturated rings. The van der Waals surface area contributed by atoms with Crippen molar-refractivity contribution in [1.29, 1.82) is 0 Å². The van der Waals surface area contributed by atoms with Gasteiger partial charge in [-0.15, -0.1) is 0 Å². The maximum atomic E-state index is 11.7. The van der Waals surface area contributed by atoms with Crippen molar-refractivity contribution in [3.63, 3.8) is 0 Å². The van der Waals surface area contributed by atoms with Crippen molar-refractivity contribution < 1.29 is 14.1 Å². The standard InChI is InChI=1S/C12H14BrN3O3/c1-4-18-12(17)11-10(13)8(3)16(14-11)6-9-5-7(2)15-19-9/h5H,4,6H2,1-3H3. The minimum absolute atomic E-state index is 0.274. The van der Waals surface area contributed by atoms with E-state index in [9.17, 15) is 4.79 Å². The Balaban J connectivity index is 2.27. The van der Waals surface area contributed by atoms with Crippen molar-refractivity contribution in [3.05, 3.63) is 33.4 Å². The minimum Gasteiger partial charge on any atom is -0.461 e. The van der Waals surface area contributed by atoms with Crippen LogP contribution in [0.3, 0.4) is 0 Å². The second-order valence-electron chi connectivity index (χ2n) is 4.06. The summed E-state index contributed by atoms with van der Waals surface area (Å²) < 4.78 is 12.4. The van der Waals surface area contributed by atoms with E-state index in [0.29, 0.717) is 23.4 Å². The molecule has 0 atom stereocenters. The van der Waals surface area contributed by atoms with E-state index in [1.165, 1.54) is 0 Å². The van der Waals surface area contributed by atoms with E-state index in [4.69, 9.17) is 9.26 Å². The van der Waals surface area contributed by atoms with Crippen LogP contribution in [-0.2, 0) is 11.3 Å². The van der Waals surface area contributed by atoms with Crippen LogP contribution in [0, 0.1) is 13.8 Å². The van der Waals surface area contributed by atoms with Gasteiger partial charge in [-0.05, 0) is 36.7 Å². The molecule has 2 aromatic rings. The number of esters is 1. The van der Waals surface area contributed by atoms with Crippen LogP contribution < -0.4 is 0 Å². The van der Waals surface area contributed by atoms with Gasteiger partial charge < -0.3 is 9.26 Å². The SMILES string of the molecule is CCOC(=O)c1nn(Cc2cc(C)no2)c(C)c1Br. The lowest BCUT2D eigenvalue weighted by Crippen LogP contribution is -2.08. The molecule has 0 spiro atoms. The highest BCUT2D eigenvalue weighted by Gasteiger charge is 2.20. The molecule has 0 amide bonds. The molecule has 6 nitrogen and oxygen atoms in total. The number of carbonyl (C=O) groups is 1. The fraction of sp³-hybridized carbons (Fsp3) is 0.417. The van der Waals surface area contributed by atoms with E-state index in [-0.39, 0.29) is 5.69 Å². The zero-order chi connectivity index (χ0) is 14.0. The molecule has 0 radical (unpaired) electrons. The summed E-state index contributed by atoms with van der Waals surface area (Å²) >= 11 is 3.36. The van der Waals surface area contributed by atoms with E-state index >= 15 is 0 Å². The fourth-order valence-corrected chi connectivity index (χ4v) is 2.09. The molecule has 102 valence electrons. The number of rotatable bonds is 4. The molecule has 0 unspecified atom stereocenters. The Hall–Kier alpha value is -1.63. The normalized spacial score (nSPS) is 10.7. The van der Waals surface area contributed by atoms with Crippen LogP contribution in [0.5, 0.6) is 0 Å². The Kier molecular flexibility index (Phi) is 4.04. The molecule has 2 rings (SSSR count). The van der Waals surface area contributed by atoms with E-state index in [1.54, 1.807) is 11.6 Å². The number of nitrogens with zero attached hydrogens (tertiary/aromatic N) is 3. The predicted octanol–water partition coefficient (Wildman–Crippen LogP) is 2.48. The fourth-order valence-electron chi connectivity index (χ4n) is 1.65. The van der Waals surface area contributed by atoms with Gasteiger partial charge in [-0.3, -0.25) is 4.68 Å². The lowest BCUT2D eigenvalue weighted by molar-refractivity contribution is 0.0517. The highest BCUT2D eigenvalue weighted by molar-refractivity contribution is 9.10. The summed E-state index contributed by atoms with van der Waals surface area (Å²) in [6.07, 6.45) is 0. The molecule has 0 N–H and O–H groups in total. The van der Waals surface area contributed by atoms with Crippen LogP contribution in [0.2, 0.25) is 0 Å². The monoisotopic (exact) mass is 327 g/mol. The quantitative estimate of drug-likeness (QED) is 0.807. The number of aryl methyl sites for hydroxylation is 1. The van der Waals surface area contributed by atoms with Gasteiger partial charge in [-0.25, -0.2) is 4.79 Å². The number of ether oxygens (including phenoxy) is 1. The Morgan fingerprint density at radius 1 is 1.53 bits per heavy atom. The largest absolute Gasteiger partial charge is 0.461 e. The third-order valence-corrected chi connectivity index (χ3v) is 3.53. The first kappa shape index (κ1) is 13.8. The highest BCUT2D eigenvalue weighted by Crippen LogP contribution is 2.22. The molecule has 0 aliphatic carbocycles. The average Bonchev–Trinajstić information content (AvgIpc) is 2.89. The zero-order valence-corrected chi connectivity index (χ0v) is 12.5. The number of halogens is 1. The van der Waals surface area contributed by atoms with Crippen LogP contribution >= 0.6 is 15.9 Å². The van der Waals surface area contributed by atoms with Gasteiger partial charge in [0.25, 0.3) is 0 Å². The summed E-state index contributed by atoms with van der Waals surface area (Å²) in [6.45, 7) is 6.21. The van der Waals surface area contributed by atoms with Gasteiger partial charge in [0.1, 0.15) is 6.54 Å². The lowest BCUT2D eigenvalue weighted by atomic mass is 10.3. The first-order valence-electron chi connectivity index (χ1n) is 5.85. The summed E-state index contributed by atoms with van der Waals surface area (Å²) in [5.74, 6) is 0.246. The number of hydrogen-bond acceptors (Lipinski definition) is 5. The summed E-state index contributed by atoms with van der Waals surface area (Å²) in [6, 6.07) is 1.83. The molecule has 2 heterocycles. The predicted molar refractivity (Wildman–Crippen MR) is 71.0 cm³/mol. The Labute approximate surface area is 118 Å². The molecular weight excluding hydrogens is 314 g/mol. The smallest absolute Gasteiger partial charge is 0.360 e. The van der Waals surface area contributed by atoms with Crippen molar-refractivity contribution >= 4 is 21.9 Å². The maximum Gasteiger partial charge on any atom is 0.360 e. The molecule has 7 heteroatoms. The molecular formula is C12H14BrN3O3. The number of aromatic nitrogens is 3. The Morgan fingerprint density at radius 2 is 2.26 bits per heavy atom. The number of carbonyl (C=O) groups excluding carboxylic acids is 1. The van der Waals surface area contributed by atoms with Crippen LogP contribution in [0.25, 0.3) is 0 Å². The first-order valence-corrected chi connectivity index (χ1v) is 6.64. The number of hydrogen-bond donors (Lipinski definition) is 0. The van der Waals surface area contributed by atoms with Crippen molar-refractivity contribution in [1.82, 2.24) is 14.9 Å². The Bertz CT molecular complexity index is 603. The van der Waals surface area contributed by atoms with Crippen molar-refractivity contribution in [3.8, 4) is 0 Å². The summed E-state index contributed by atoms with van der Waals surface area (Å²) in [4.78, 5) is 11.7. The average molecular weight is 328 g/mol. The molecule has 0 bridgehead atoms. The van der Waals surface area contributed by atoms with E-state index in [0.717, 1.165) is 11.4 Å². The highest BCUT2D eigenvalue weighted by atomic mass is 79.9. The van der Waals surface area contributed by atoms with Crippen molar-refractivity contribution in [2.75, 3.05) is 6.61 Å². The van der Waals surface area contributed by atoms with Crippen LogP contribution in [0.4, 0.5) is 0 Å². The van der Waals surface area contributed by atoms with Crippen LogP contribution in [-0.4, -0.2) is 27.5 Å². The lowest BCUT2D eigenvalue weighted by Gasteiger charge is -1.99. The second kappa shape index (κ2) is 5.56. The molecule has 0 aromatic carbocycles. The topological polar surface area (TPSA) is 70.2 Å². The van der Waals surface area contributed by atoms with E-state index in [1.807, 2.05) is 19.9 Å². The molecule has 0 saturated carbocycles. The van der Waals surface area contributed by atoms with Crippen LogP contribution in [0.1, 0.15) is 34.6 Å². The third kappa shape index (κ3) is 2.86. The second-order valence-corrected chi connectivity index (χ2v) is 4.85. The van der Waals surface area contributed by atoms with Gasteiger partial charge in [0.2, 0.25) is 0 Å². The maximum absolute atomic E-state index is 11.7. The summed E-state index contributed by atoms with van der Waals surface area (Å²) in [5, 5.41) is 8.06. The van der Waals surface area contributed by atoms with Gasteiger partial charge in [-0.1, -0.05) is 5.16 Å². The molecule has 0 saturated heterocycles. The summed E-state index contributed by atoms with van der Waals surface area (Å²) in [5.41, 5.74) is 1.91. The molecule has 19 heavy (non-hydrogen) atoms. The Morgan fingerprint density at radius 3 is 2.84 bits per heavy atom. The van der Waals surface area contributed by atoms with E-state index in [2.05, 4.69) is 26.2 Å². The van der Waals surface area contributed by atoms with Gasteiger partial charge in [0.05, 0.1) is 22.5 Å². The van der Waals surface area contributed by atoms with Crippen molar-refractivity contribution in [2.45, 2.75) is 27.3 Å². The summed E-state index contributed by atoms with van der Waals surface area (Å²) in [7, 11) is 0. The molecule has 0 aliphatic rings. The van der Waals surface area contributed by atoms with Crippen LogP contribution in [0.15, 0.2) is 15.1 Å². The van der Waals surface area contributed by atoms with E-state index < -0.39 is 5.97 Å². The van der Waals surface area contributed by atoms with Gasteiger partial charge in [0, 0.05) is 6.07 Å². The molecule has 0 aliphatic heterocycles. The van der Waals surface area contributed by atoms with Gasteiger partial charge in [-0.2, -0.15) is 5.10 Å². The van der Waals surface area contributed by atoms with Gasteiger partial charge in [0.15, 0.2) is 11.5 Å². The van der Waals surface area contributed by atoms with Gasteiger partial charge >= 0.3 is 5.97 Å². The molecule has 2 aromatic heterocycles. The minimum atomic E-state index is -0.440. The van der Waals surface area contributed by atoms with Crippen molar-refractivity contribution in [2.24, 2.45) is 0 Å².